The highest BCUT2D eigenvalue weighted by atomic mass is 16.4. The monoisotopic (exact) mass is 255 g/mol. The number of oxime groups is 1. The van der Waals surface area contributed by atoms with Crippen molar-refractivity contribution in [1.29, 1.82) is 0 Å². The molecule has 4 heteroatoms. The number of hydrogen-bond acceptors (Lipinski definition) is 4. The second-order valence-electron chi connectivity index (χ2n) is 4.93. The zero-order valence-electron chi connectivity index (χ0n) is 10.8. The van der Waals surface area contributed by atoms with Gasteiger partial charge >= 0.3 is 0 Å². The molecule has 2 aromatic rings. The first-order chi connectivity index (χ1) is 9.36. The van der Waals surface area contributed by atoms with Crippen LogP contribution in [0.2, 0.25) is 0 Å². The van der Waals surface area contributed by atoms with E-state index in [0.29, 0.717) is 0 Å². The summed E-state index contributed by atoms with van der Waals surface area (Å²) in [6.45, 7) is 2.84. The number of likely N-dealkylation sites (tertiary alicyclic amines) is 1. The van der Waals surface area contributed by atoms with Gasteiger partial charge in [-0.1, -0.05) is 23.4 Å². The number of nitrogens with zero attached hydrogens (tertiary/aromatic N) is 3. The summed E-state index contributed by atoms with van der Waals surface area (Å²) < 4.78 is 0. The van der Waals surface area contributed by atoms with Crippen LogP contribution in [0, 0.1) is 0 Å². The molecule has 0 aliphatic carbocycles. The van der Waals surface area contributed by atoms with Crippen LogP contribution in [0.1, 0.15) is 18.4 Å². The minimum Gasteiger partial charge on any atom is -0.411 e. The van der Waals surface area contributed by atoms with E-state index in [4.69, 9.17) is 5.21 Å². The minimum atomic E-state index is 0.861. The molecule has 0 spiro atoms. The van der Waals surface area contributed by atoms with Crippen molar-refractivity contribution in [2.75, 3.05) is 13.1 Å². The van der Waals surface area contributed by atoms with Gasteiger partial charge in [-0.15, -0.1) is 0 Å². The molecular formula is C15H17N3O. The molecule has 98 valence electrons. The van der Waals surface area contributed by atoms with Gasteiger partial charge in [0.2, 0.25) is 0 Å². The van der Waals surface area contributed by atoms with E-state index in [0.717, 1.165) is 43.7 Å². The Bertz CT molecular complexity index is 594. The van der Waals surface area contributed by atoms with E-state index >= 15 is 0 Å². The zero-order valence-corrected chi connectivity index (χ0v) is 10.8. The molecule has 0 unspecified atom stereocenters. The van der Waals surface area contributed by atoms with E-state index in [-0.39, 0.29) is 0 Å². The molecule has 1 aromatic heterocycles. The number of rotatable bonds is 2. The van der Waals surface area contributed by atoms with E-state index < -0.39 is 0 Å². The SMILES string of the molecule is ON=C1CCN(Cc2ccnc3ccccc23)CC1. The maximum atomic E-state index is 8.77. The van der Waals surface area contributed by atoms with Crippen LogP contribution in [-0.4, -0.2) is 33.9 Å². The van der Waals surface area contributed by atoms with Gasteiger partial charge in [0.05, 0.1) is 11.2 Å². The van der Waals surface area contributed by atoms with Crippen molar-refractivity contribution in [2.45, 2.75) is 19.4 Å². The van der Waals surface area contributed by atoms with Crippen molar-refractivity contribution >= 4 is 16.6 Å². The van der Waals surface area contributed by atoms with Crippen molar-refractivity contribution in [3.63, 3.8) is 0 Å². The predicted octanol–water partition coefficient (Wildman–Crippen LogP) is 2.66. The molecule has 0 amide bonds. The minimum absolute atomic E-state index is 0.861. The van der Waals surface area contributed by atoms with Crippen molar-refractivity contribution in [1.82, 2.24) is 9.88 Å². The first-order valence-electron chi connectivity index (χ1n) is 6.61. The summed E-state index contributed by atoms with van der Waals surface area (Å²) in [6.07, 6.45) is 3.60. The van der Waals surface area contributed by atoms with Crippen LogP contribution >= 0.6 is 0 Å². The van der Waals surface area contributed by atoms with Gasteiger partial charge in [0.1, 0.15) is 0 Å². The Kier molecular flexibility index (Phi) is 3.42. The van der Waals surface area contributed by atoms with Crippen molar-refractivity contribution in [2.24, 2.45) is 5.16 Å². The second kappa shape index (κ2) is 5.36. The molecule has 0 atom stereocenters. The summed E-state index contributed by atoms with van der Waals surface area (Å²) in [4.78, 5) is 6.79. The standard InChI is InChI=1S/C15H17N3O/c19-17-13-6-9-18(10-7-13)11-12-5-8-16-15-4-2-1-3-14(12)15/h1-5,8,19H,6-7,9-11H2. The van der Waals surface area contributed by atoms with E-state index in [9.17, 15) is 0 Å². The van der Waals surface area contributed by atoms with Crippen LogP contribution in [-0.2, 0) is 6.54 Å². The summed E-state index contributed by atoms with van der Waals surface area (Å²) in [6, 6.07) is 10.3. The third-order valence-electron chi connectivity index (χ3n) is 3.71. The molecule has 1 saturated heterocycles. The Morgan fingerprint density at radius 2 is 1.95 bits per heavy atom. The van der Waals surface area contributed by atoms with Crippen molar-refractivity contribution < 1.29 is 5.21 Å². The van der Waals surface area contributed by atoms with Gasteiger partial charge in [0.25, 0.3) is 0 Å². The van der Waals surface area contributed by atoms with E-state index in [1.165, 1.54) is 10.9 Å². The first-order valence-corrected chi connectivity index (χ1v) is 6.61. The average Bonchev–Trinajstić information content (AvgIpc) is 2.48. The van der Waals surface area contributed by atoms with Crippen LogP contribution in [0.3, 0.4) is 0 Å². The average molecular weight is 255 g/mol. The number of benzene rings is 1. The van der Waals surface area contributed by atoms with Crippen LogP contribution in [0.15, 0.2) is 41.7 Å². The van der Waals surface area contributed by atoms with Crippen LogP contribution in [0.25, 0.3) is 10.9 Å². The van der Waals surface area contributed by atoms with E-state index in [1.54, 1.807) is 0 Å². The third-order valence-corrected chi connectivity index (χ3v) is 3.71. The summed E-state index contributed by atoms with van der Waals surface area (Å²) in [7, 11) is 0. The zero-order chi connectivity index (χ0) is 13.1. The highest BCUT2D eigenvalue weighted by molar-refractivity contribution is 5.85. The Morgan fingerprint density at radius 1 is 1.16 bits per heavy atom. The fourth-order valence-electron chi connectivity index (χ4n) is 2.60. The fraction of sp³-hybridized carbons (Fsp3) is 0.333. The lowest BCUT2D eigenvalue weighted by Crippen LogP contribution is -2.33. The van der Waals surface area contributed by atoms with E-state index in [1.807, 2.05) is 18.3 Å². The molecule has 0 bridgehead atoms. The quantitative estimate of drug-likeness (QED) is 0.663. The molecule has 1 N–H and O–H groups in total. The van der Waals surface area contributed by atoms with Gasteiger partial charge in [0.15, 0.2) is 0 Å². The molecule has 19 heavy (non-hydrogen) atoms. The summed E-state index contributed by atoms with van der Waals surface area (Å²) in [5.74, 6) is 0. The van der Waals surface area contributed by atoms with Gasteiger partial charge in [0, 0.05) is 44.1 Å². The molecule has 4 nitrogen and oxygen atoms in total. The van der Waals surface area contributed by atoms with Crippen LogP contribution in [0.5, 0.6) is 0 Å². The second-order valence-corrected chi connectivity index (χ2v) is 4.93. The highest BCUT2D eigenvalue weighted by Gasteiger charge is 2.16. The van der Waals surface area contributed by atoms with Gasteiger partial charge in [-0.05, 0) is 17.7 Å². The molecule has 1 aromatic carbocycles. The van der Waals surface area contributed by atoms with E-state index in [2.05, 4.69) is 33.2 Å². The maximum Gasteiger partial charge on any atom is 0.0705 e. The molecule has 1 aliphatic rings. The number of hydrogen-bond donors (Lipinski definition) is 1. The topological polar surface area (TPSA) is 48.7 Å². The number of pyridine rings is 1. The fourth-order valence-corrected chi connectivity index (χ4v) is 2.60. The normalized spacial score (nSPS) is 16.7. The summed E-state index contributed by atoms with van der Waals surface area (Å²) in [5, 5.41) is 13.3. The van der Waals surface area contributed by atoms with Crippen molar-refractivity contribution in [3.05, 3.63) is 42.1 Å². The lowest BCUT2D eigenvalue weighted by molar-refractivity contribution is 0.257. The Labute approximate surface area is 112 Å². The van der Waals surface area contributed by atoms with Crippen LogP contribution < -0.4 is 0 Å². The molecule has 0 saturated carbocycles. The predicted molar refractivity (Wildman–Crippen MR) is 75.5 cm³/mol. The van der Waals surface area contributed by atoms with Gasteiger partial charge in [-0.25, -0.2) is 0 Å². The molecular weight excluding hydrogens is 238 g/mol. The molecule has 3 rings (SSSR count). The lowest BCUT2D eigenvalue weighted by atomic mass is 10.1. The Hall–Kier alpha value is -1.94. The van der Waals surface area contributed by atoms with Gasteiger partial charge in [-0.3, -0.25) is 9.88 Å². The highest BCUT2D eigenvalue weighted by Crippen LogP contribution is 2.19. The number of aromatic nitrogens is 1. The smallest absolute Gasteiger partial charge is 0.0705 e. The van der Waals surface area contributed by atoms with Crippen molar-refractivity contribution in [3.8, 4) is 0 Å². The van der Waals surface area contributed by atoms with Crippen LogP contribution in [0.4, 0.5) is 0 Å². The first kappa shape index (κ1) is 12.1. The third kappa shape index (κ3) is 2.58. The largest absolute Gasteiger partial charge is 0.411 e. The summed E-state index contributed by atoms with van der Waals surface area (Å²) >= 11 is 0. The molecule has 1 aliphatic heterocycles. The molecule has 2 heterocycles. The Balaban J connectivity index is 1.79. The Morgan fingerprint density at radius 3 is 2.74 bits per heavy atom. The maximum absolute atomic E-state index is 8.77. The lowest BCUT2D eigenvalue weighted by Gasteiger charge is -2.27. The number of piperidine rings is 1. The number of fused-ring (bicyclic) bond motifs is 1. The van der Waals surface area contributed by atoms with Gasteiger partial charge < -0.3 is 5.21 Å². The van der Waals surface area contributed by atoms with Gasteiger partial charge in [-0.2, -0.15) is 0 Å². The molecule has 1 fully saturated rings. The number of para-hydroxylation sites is 1. The summed E-state index contributed by atoms with van der Waals surface area (Å²) in [5.41, 5.74) is 3.28. The molecule has 0 radical (unpaired) electrons.